The Hall–Kier alpha value is -2.55. The summed E-state index contributed by atoms with van der Waals surface area (Å²) in [5.74, 6) is -0.0841. The molecule has 24 heavy (non-hydrogen) atoms. The number of amidine groups is 1. The van der Waals surface area contributed by atoms with Crippen molar-refractivity contribution in [3.63, 3.8) is 0 Å². The van der Waals surface area contributed by atoms with Crippen molar-refractivity contribution in [1.29, 1.82) is 0 Å². The number of thioether (sulfide) groups is 1. The Morgan fingerprint density at radius 1 is 1.42 bits per heavy atom. The molecule has 126 valence electrons. The predicted molar refractivity (Wildman–Crippen MR) is 88.7 cm³/mol. The quantitative estimate of drug-likeness (QED) is 0.626. The van der Waals surface area contributed by atoms with E-state index < -0.39 is 11.2 Å². The third kappa shape index (κ3) is 3.67. The van der Waals surface area contributed by atoms with E-state index in [1.807, 2.05) is 24.3 Å². The zero-order valence-electron chi connectivity index (χ0n) is 12.8. The summed E-state index contributed by atoms with van der Waals surface area (Å²) in [6.45, 7) is 2.07. The van der Waals surface area contributed by atoms with E-state index in [1.54, 1.807) is 6.92 Å². The largest absolute Gasteiger partial charge is 0.485 e. The maximum atomic E-state index is 11.6. The highest BCUT2D eigenvalue weighted by atomic mass is 32.2. The number of hydrogen-bond donors (Lipinski definition) is 2. The Bertz CT molecular complexity index is 734. The Labute approximate surface area is 141 Å². The van der Waals surface area contributed by atoms with Gasteiger partial charge >= 0.3 is 5.97 Å². The summed E-state index contributed by atoms with van der Waals surface area (Å²) in [6, 6.07) is 7.35. The summed E-state index contributed by atoms with van der Waals surface area (Å²) in [6.07, 6.45) is -0.629. The fraction of sp³-hybridized carbons (Fsp3) is 0.333. The molecular formula is C15H15N3O5S. The van der Waals surface area contributed by atoms with Crippen molar-refractivity contribution in [3.8, 4) is 11.5 Å². The third-order valence-electron chi connectivity index (χ3n) is 3.41. The lowest BCUT2D eigenvalue weighted by atomic mass is 10.2. The highest BCUT2D eigenvalue weighted by Crippen LogP contribution is 2.31. The van der Waals surface area contributed by atoms with Crippen molar-refractivity contribution in [2.45, 2.75) is 24.7 Å². The molecular weight excluding hydrogens is 334 g/mol. The normalized spacial score (nSPS) is 24.8. The first-order chi connectivity index (χ1) is 11.5. The zero-order chi connectivity index (χ0) is 17.1. The van der Waals surface area contributed by atoms with Crippen LogP contribution in [-0.4, -0.2) is 45.8 Å². The van der Waals surface area contributed by atoms with Crippen LogP contribution in [0.25, 0.3) is 0 Å². The first kappa shape index (κ1) is 16.3. The molecule has 9 heteroatoms. The number of carboxylic acids is 1. The lowest BCUT2D eigenvalue weighted by Gasteiger charge is -2.25. The molecule has 2 atom stereocenters. The minimum atomic E-state index is -1.03. The van der Waals surface area contributed by atoms with Gasteiger partial charge in [0, 0.05) is 0 Å². The van der Waals surface area contributed by atoms with Gasteiger partial charge in [-0.15, -0.1) is 5.10 Å². The van der Waals surface area contributed by atoms with Gasteiger partial charge in [-0.3, -0.25) is 9.59 Å². The summed E-state index contributed by atoms with van der Waals surface area (Å²) >= 11 is 1.05. The maximum absolute atomic E-state index is 11.6. The summed E-state index contributed by atoms with van der Waals surface area (Å²) in [7, 11) is 0. The molecule has 0 saturated carbocycles. The second-order valence-electron chi connectivity index (χ2n) is 5.20. The van der Waals surface area contributed by atoms with Crippen LogP contribution in [0.4, 0.5) is 0 Å². The molecule has 0 bridgehead atoms. The van der Waals surface area contributed by atoms with E-state index in [9.17, 15) is 9.59 Å². The number of benzene rings is 1. The summed E-state index contributed by atoms with van der Waals surface area (Å²) in [4.78, 5) is 22.3. The van der Waals surface area contributed by atoms with Crippen LogP contribution in [0.1, 0.15) is 13.3 Å². The summed E-state index contributed by atoms with van der Waals surface area (Å²) in [5, 5.41) is 18.9. The van der Waals surface area contributed by atoms with E-state index in [0.717, 1.165) is 11.8 Å². The molecule has 1 aromatic carbocycles. The van der Waals surface area contributed by atoms with E-state index in [0.29, 0.717) is 23.8 Å². The van der Waals surface area contributed by atoms with Crippen molar-refractivity contribution in [2.24, 2.45) is 10.2 Å². The number of nitrogens with zero attached hydrogens (tertiary/aromatic N) is 2. The van der Waals surface area contributed by atoms with Gasteiger partial charge in [0.2, 0.25) is 5.91 Å². The van der Waals surface area contributed by atoms with Gasteiger partial charge in [0.25, 0.3) is 0 Å². The highest BCUT2D eigenvalue weighted by Gasteiger charge is 2.32. The van der Waals surface area contributed by atoms with Crippen molar-refractivity contribution >= 4 is 34.5 Å². The molecule has 8 nitrogen and oxygen atoms in total. The second kappa shape index (κ2) is 6.91. The first-order valence-corrected chi connectivity index (χ1v) is 8.11. The minimum absolute atomic E-state index is 0.255. The third-order valence-corrected chi connectivity index (χ3v) is 4.48. The van der Waals surface area contributed by atoms with Gasteiger partial charge in [-0.2, -0.15) is 5.10 Å². The lowest BCUT2D eigenvalue weighted by Crippen LogP contribution is -2.35. The standard InChI is InChI=1S/C15H15N3O5S/c1-8(11-7-22-9-4-2-3-5-10(9)23-11)17-18-15-16-14(21)12(24-15)6-13(19)20/h2-5,11-12H,6-7H2,1H3,(H,19,20)(H,16,18,21)/b17-8-. The van der Waals surface area contributed by atoms with Crippen LogP contribution in [0, 0.1) is 0 Å². The molecule has 1 fully saturated rings. The van der Waals surface area contributed by atoms with Crippen LogP contribution < -0.4 is 14.8 Å². The van der Waals surface area contributed by atoms with Gasteiger partial charge in [-0.25, -0.2) is 0 Å². The molecule has 2 heterocycles. The zero-order valence-corrected chi connectivity index (χ0v) is 13.6. The number of carboxylic acid groups (broad SMARTS) is 1. The van der Waals surface area contributed by atoms with Crippen LogP contribution in [0.3, 0.4) is 0 Å². The smallest absolute Gasteiger partial charge is 0.305 e. The number of hydrogen-bond acceptors (Lipinski definition) is 7. The molecule has 1 amide bonds. The molecule has 2 aliphatic rings. The van der Waals surface area contributed by atoms with Crippen LogP contribution in [0.2, 0.25) is 0 Å². The van der Waals surface area contributed by atoms with Gasteiger partial charge in [0.15, 0.2) is 22.8 Å². The molecule has 0 spiro atoms. The van der Waals surface area contributed by atoms with Gasteiger partial charge in [-0.05, 0) is 19.1 Å². The monoisotopic (exact) mass is 349 g/mol. The van der Waals surface area contributed by atoms with Crippen molar-refractivity contribution < 1.29 is 24.2 Å². The van der Waals surface area contributed by atoms with E-state index >= 15 is 0 Å². The number of aliphatic carboxylic acids is 1. The molecule has 1 saturated heterocycles. The summed E-state index contributed by atoms with van der Waals surface area (Å²) in [5.41, 5.74) is 0.591. The van der Waals surface area contributed by atoms with Crippen molar-refractivity contribution in [3.05, 3.63) is 24.3 Å². The van der Waals surface area contributed by atoms with Gasteiger partial charge in [0.1, 0.15) is 11.9 Å². The predicted octanol–water partition coefficient (Wildman–Crippen LogP) is 1.26. The van der Waals surface area contributed by atoms with Crippen molar-refractivity contribution in [2.75, 3.05) is 6.61 Å². The Morgan fingerprint density at radius 2 is 2.17 bits per heavy atom. The number of nitrogens with one attached hydrogen (secondary N) is 1. The average molecular weight is 349 g/mol. The van der Waals surface area contributed by atoms with E-state index in [4.69, 9.17) is 14.6 Å². The number of carbonyl (C=O) groups excluding carboxylic acids is 1. The van der Waals surface area contributed by atoms with E-state index in [2.05, 4.69) is 15.5 Å². The summed E-state index contributed by atoms with van der Waals surface area (Å²) < 4.78 is 11.4. The molecule has 2 aliphatic heterocycles. The second-order valence-corrected chi connectivity index (χ2v) is 6.40. The Kier molecular flexibility index (Phi) is 4.70. The van der Waals surface area contributed by atoms with Crippen LogP contribution in [0.5, 0.6) is 11.5 Å². The number of rotatable bonds is 4. The van der Waals surface area contributed by atoms with Crippen LogP contribution >= 0.6 is 11.8 Å². The topological polar surface area (TPSA) is 110 Å². The number of ether oxygens (including phenoxy) is 2. The average Bonchev–Trinajstić information content (AvgIpc) is 2.91. The Morgan fingerprint density at radius 3 is 2.92 bits per heavy atom. The minimum Gasteiger partial charge on any atom is -0.485 e. The lowest BCUT2D eigenvalue weighted by molar-refractivity contribution is -0.138. The maximum Gasteiger partial charge on any atom is 0.305 e. The number of para-hydroxylation sites is 2. The fourth-order valence-corrected chi connectivity index (χ4v) is 3.07. The molecule has 0 aliphatic carbocycles. The Balaban J connectivity index is 1.65. The number of carbonyl (C=O) groups is 2. The fourth-order valence-electron chi connectivity index (χ4n) is 2.16. The number of fused-ring (bicyclic) bond motifs is 1. The number of amides is 1. The van der Waals surface area contributed by atoms with Gasteiger partial charge in [-0.1, -0.05) is 23.9 Å². The van der Waals surface area contributed by atoms with Gasteiger partial charge in [0.05, 0.1) is 12.1 Å². The molecule has 1 aromatic rings. The van der Waals surface area contributed by atoms with Crippen LogP contribution in [0.15, 0.2) is 34.5 Å². The van der Waals surface area contributed by atoms with Crippen molar-refractivity contribution in [1.82, 2.24) is 5.32 Å². The van der Waals surface area contributed by atoms with Gasteiger partial charge < -0.3 is 19.9 Å². The SMILES string of the molecule is C/C(=N/N=C1\NC(=O)C(CC(=O)O)S1)C1COc2ccccc2O1. The molecule has 3 rings (SSSR count). The van der Waals surface area contributed by atoms with E-state index in [-0.39, 0.29) is 23.6 Å². The molecule has 0 radical (unpaired) electrons. The first-order valence-electron chi connectivity index (χ1n) is 7.23. The van der Waals surface area contributed by atoms with E-state index in [1.165, 1.54) is 0 Å². The highest BCUT2D eigenvalue weighted by molar-refractivity contribution is 8.15. The molecule has 0 aromatic heterocycles. The molecule has 2 unspecified atom stereocenters. The molecule has 2 N–H and O–H groups in total. The van der Waals surface area contributed by atoms with Crippen LogP contribution in [-0.2, 0) is 9.59 Å².